The van der Waals surface area contributed by atoms with Crippen LogP contribution in [0.25, 0.3) is 0 Å². The van der Waals surface area contributed by atoms with Gasteiger partial charge in [0.05, 0.1) is 19.4 Å². The van der Waals surface area contributed by atoms with Crippen molar-refractivity contribution in [2.24, 2.45) is 0 Å². The number of ether oxygens (including phenoxy) is 1. The lowest BCUT2D eigenvalue weighted by molar-refractivity contribution is -0.132. The Labute approximate surface area is 146 Å². The average molecular weight is 349 g/mol. The van der Waals surface area contributed by atoms with Crippen molar-refractivity contribution in [3.05, 3.63) is 45.5 Å². The first-order valence-electron chi connectivity index (χ1n) is 7.90. The number of furan rings is 1. The summed E-state index contributed by atoms with van der Waals surface area (Å²) < 4.78 is 10.4. The van der Waals surface area contributed by atoms with Crippen LogP contribution in [-0.2, 0) is 16.1 Å². The summed E-state index contributed by atoms with van der Waals surface area (Å²) in [6.07, 6.45) is 1.99. The highest BCUT2D eigenvalue weighted by atomic mass is 32.1. The zero-order valence-electron chi connectivity index (χ0n) is 14.3. The maximum atomic E-state index is 12.5. The number of rotatable bonds is 9. The molecule has 0 saturated carbocycles. The minimum atomic E-state index is -0.0681. The van der Waals surface area contributed by atoms with Gasteiger partial charge in [-0.1, -0.05) is 0 Å². The first-order valence-corrected chi connectivity index (χ1v) is 8.72. The Balaban J connectivity index is 1.93. The molecule has 0 spiro atoms. The van der Waals surface area contributed by atoms with Crippen LogP contribution in [-0.4, -0.2) is 36.9 Å². The number of hydrogen-bond donors (Lipinski definition) is 0. The molecule has 2 aromatic rings. The molecule has 0 aromatic carbocycles. The highest BCUT2D eigenvalue weighted by molar-refractivity contribution is 7.12. The van der Waals surface area contributed by atoms with E-state index in [1.165, 1.54) is 0 Å². The second-order valence-electron chi connectivity index (χ2n) is 5.64. The summed E-state index contributed by atoms with van der Waals surface area (Å²) in [4.78, 5) is 28.6. The number of nitrogens with zero attached hydrogens (tertiary/aromatic N) is 1. The zero-order chi connectivity index (χ0) is 17.5. The Kier molecular flexibility index (Phi) is 6.75. The number of carbonyl (C=O) groups is 2. The molecule has 2 heterocycles. The maximum absolute atomic E-state index is 12.5. The van der Waals surface area contributed by atoms with E-state index < -0.39 is 0 Å². The number of methoxy groups -OCH3 is 1. The van der Waals surface area contributed by atoms with Crippen LogP contribution in [0.1, 0.15) is 38.7 Å². The summed E-state index contributed by atoms with van der Waals surface area (Å²) in [6, 6.07) is 5.52. The standard InChI is InChI=1S/C18H23NO4S/c1-13-11-16(14(2)24-13)17(20)6-7-18(21)19(8-10-22-3)12-15-5-4-9-23-15/h4-5,9,11H,6-8,10,12H2,1-3H3. The Morgan fingerprint density at radius 3 is 2.67 bits per heavy atom. The quantitative estimate of drug-likeness (QED) is 0.649. The number of aryl methyl sites for hydroxylation is 2. The van der Waals surface area contributed by atoms with Gasteiger partial charge < -0.3 is 14.1 Å². The molecule has 24 heavy (non-hydrogen) atoms. The molecule has 0 aliphatic heterocycles. The smallest absolute Gasteiger partial charge is 0.223 e. The molecule has 1 amide bonds. The van der Waals surface area contributed by atoms with Crippen LogP contribution in [0.5, 0.6) is 0 Å². The van der Waals surface area contributed by atoms with Crippen LogP contribution in [0.2, 0.25) is 0 Å². The number of hydrogen-bond acceptors (Lipinski definition) is 5. The van der Waals surface area contributed by atoms with Crippen molar-refractivity contribution in [3.8, 4) is 0 Å². The summed E-state index contributed by atoms with van der Waals surface area (Å²) in [5.74, 6) is 0.673. The Hall–Kier alpha value is -1.92. The van der Waals surface area contributed by atoms with Crippen molar-refractivity contribution < 1.29 is 18.7 Å². The summed E-state index contributed by atoms with van der Waals surface area (Å²) >= 11 is 1.61. The fraction of sp³-hybridized carbons (Fsp3) is 0.444. The molecule has 2 rings (SSSR count). The van der Waals surface area contributed by atoms with Crippen molar-refractivity contribution >= 4 is 23.0 Å². The Bertz CT molecular complexity index is 675. The van der Waals surface area contributed by atoms with Gasteiger partial charge in [-0.15, -0.1) is 11.3 Å². The SMILES string of the molecule is COCCN(Cc1ccco1)C(=O)CCC(=O)c1cc(C)sc1C. The van der Waals surface area contributed by atoms with Gasteiger partial charge in [0.25, 0.3) is 0 Å². The minimum absolute atomic E-state index is 0.0230. The highest BCUT2D eigenvalue weighted by Crippen LogP contribution is 2.22. The number of amides is 1. The van der Waals surface area contributed by atoms with E-state index in [0.717, 1.165) is 21.1 Å². The van der Waals surface area contributed by atoms with E-state index in [1.54, 1.807) is 35.7 Å². The molecule has 0 radical (unpaired) electrons. The second-order valence-corrected chi connectivity index (χ2v) is 7.10. The molecule has 0 atom stereocenters. The molecule has 0 aliphatic rings. The molecule has 0 unspecified atom stereocenters. The van der Waals surface area contributed by atoms with E-state index in [2.05, 4.69) is 0 Å². The van der Waals surface area contributed by atoms with E-state index in [0.29, 0.717) is 19.7 Å². The number of carbonyl (C=O) groups excluding carboxylic acids is 2. The first-order chi connectivity index (χ1) is 11.5. The largest absolute Gasteiger partial charge is 0.467 e. The molecule has 0 N–H and O–H groups in total. The predicted molar refractivity (Wildman–Crippen MR) is 93.4 cm³/mol. The third-order valence-corrected chi connectivity index (χ3v) is 4.72. The summed E-state index contributed by atoms with van der Waals surface area (Å²) in [6.45, 7) is 5.23. The van der Waals surface area contributed by atoms with Gasteiger partial charge in [-0.25, -0.2) is 0 Å². The normalized spacial score (nSPS) is 10.8. The van der Waals surface area contributed by atoms with Gasteiger partial charge in [-0.05, 0) is 32.0 Å². The molecule has 0 saturated heterocycles. The molecule has 0 aliphatic carbocycles. The highest BCUT2D eigenvalue weighted by Gasteiger charge is 2.18. The van der Waals surface area contributed by atoms with Crippen molar-refractivity contribution in [2.75, 3.05) is 20.3 Å². The minimum Gasteiger partial charge on any atom is -0.467 e. The van der Waals surface area contributed by atoms with Crippen molar-refractivity contribution in [3.63, 3.8) is 0 Å². The van der Waals surface area contributed by atoms with Crippen molar-refractivity contribution in [1.29, 1.82) is 0 Å². The van der Waals surface area contributed by atoms with E-state index >= 15 is 0 Å². The number of ketones is 1. The first kappa shape index (κ1) is 18.4. The topological polar surface area (TPSA) is 59.8 Å². The van der Waals surface area contributed by atoms with Gasteiger partial charge in [-0.3, -0.25) is 9.59 Å². The lowest BCUT2D eigenvalue weighted by Gasteiger charge is -2.21. The maximum Gasteiger partial charge on any atom is 0.223 e. The second kappa shape index (κ2) is 8.80. The predicted octanol–water partition coefficient (Wildman–Crippen LogP) is 3.60. The monoisotopic (exact) mass is 349 g/mol. The molecular formula is C18H23NO4S. The number of thiophene rings is 1. The van der Waals surface area contributed by atoms with E-state index in [1.807, 2.05) is 26.0 Å². The van der Waals surface area contributed by atoms with Crippen LogP contribution in [0, 0.1) is 13.8 Å². The lowest BCUT2D eigenvalue weighted by atomic mass is 10.1. The van der Waals surface area contributed by atoms with E-state index in [-0.39, 0.29) is 24.5 Å². The van der Waals surface area contributed by atoms with Gasteiger partial charge in [0.1, 0.15) is 5.76 Å². The van der Waals surface area contributed by atoms with Crippen LogP contribution < -0.4 is 0 Å². The van der Waals surface area contributed by atoms with Crippen molar-refractivity contribution in [2.45, 2.75) is 33.2 Å². The molecule has 2 aromatic heterocycles. The Morgan fingerprint density at radius 2 is 2.08 bits per heavy atom. The van der Waals surface area contributed by atoms with E-state index in [4.69, 9.17) is 9.15 Å². The molecule has 0 bridgehead atoms. The van der Waals surface area contributed by atoms with E-state index in [9.17, 15) is 9.59 Å². The van der Waals surface area contributed by atoms with Gasteiger partial charge in [0.15, 0.2) is 5.78 Å². The van der Waals surface area contributed by atoms with Crippen LogP contribution >= 0.6 is 11.3 Å². The molecule has 5 nitrogen and oxygen atoms in total. The zero-order valence-corrected chi connectivity index (χ0v) is 15.1. The molecule has 130 valence electrons. The van der Waals surface area contributed by atoms with Crippen LogP contribution in [0.4, 0.5) is 0 Å². The van der Waals surface area contributed by atoms with Crippen LogP contribution in [0.3, 0.4) is 0 Å². The Morgan fingerprint density at radius 1 is 1.29 bits per heavy atom. The van der Waals surface area contributed by atoms with Gasteiger partial charge in [-0.2, -0.15) is 0 Å². The average Bonchev–Trinajstić information content (AvgIpc) is 3.17. The van der Waals surface area contributed by atoms with Gasteiger partial charge >= 0.3 is 0 Å². The summed E-state index contributed by atoms with van der Waals surface area (Å²) in [5.41, 5.74) is 0.736. The molecule has 0 fully saturated rings. The molecular weight excluding hydrogens is 326 g/mol. The van der Waals surface area contributed by atoms with Crippen LogP contribution in [0.15, 0.2) is 28.9 Å². The summed E-state index contributed by atoms with van der Waals surface area (Å²) in [5, 5.41) is 0. The third kappa shape index (κ3) is 5.04. The fourth-order valence-corrected chi connectivity index (χ4v) is 3.45. The third-order valence-electron chi connectivity index (χ3n) is 3.75. The molecule has 6 heteroatoms. The van der Waals surface area contributed by atoms with Crippen molar-refractivity contribution in [1.82, 2.24) is 4.90 Å². The fourth-order valence-electron chi connectivity index (χ4n) is 2.50. The van der Waals surface area contributed by atoms with Gasteiger partial charge in [0.2, 0.25) is 5.91 Å². The summed E-state index contributed by atoms with van der Waals surface area (Å²) in [7, 11) is 1.60. The lowest BCUT2D eigenvalue weighted by Crippen LogP contribution is -2.33. The number of Topliss-reactive ketones (excluding diaryl/α,β-unsaturated/α-hetero) is 1. The van der Waals surface area contributed by atoms with Gasteiger partial charge in [0, 0.05) is 41.8 Å².